The van der Waals surface area contributed by atoms with E-state index in [0.717, 1.165) is 38.4 Å². The molecule has 1 unspecified atom stereocenters. The van der Waals surface area contributed by atoms with E-state index >= 15 is 0 Å². The lowest BCUT2D eigenvalue weighted by Gasteiger charge is -2.32. The Morgan fingerprint density at radius 1 is 1.21 bits per heavy atom. The summed E-state index contributed by atoms with van der Waals surface area (Å²) in [6.45, 7) is 11.7. The van der Waals surface area contributed by atoms with E-state index in [1.54, 1.807) is 6.92 Å². The van der Waals surface area contributed by atoms with Gasteiger partial charge in [-0.1, -0.05) is 0 Å². The fourth-order valence-corrected chi connectivity index (χ4v) is 3.23. The van der Waals surface area contributed by atoms with Crippen molar-refractivity contribution in [1.82, 2.24) is 15.1 Å². The normalized spacial score (nSPS) is 26.3. The van der Waals surface area contributed by atoms with Gasteiger partial charge in [-0.3, -0.25) is 4.79 Å². The Kier molecular flexibility index (Phi) is 5.22. The van der Waals surface area contributed by atoms with Crippen LogP contribution in [-0.2, 0) is 4.79 Å². The van der Waals surface area contributed by atoms with Gasteiger partial charge < -0.3 is 15.1 Å². The summed E-state index contributed by atoms with van der Waals surface area (Å²) in [5, 5.41) is 3.72. The Bertz CT molecular complexity index is 298. The summed E-state index contributed by atoms with van der Waals surface area (Å²) in [4.78, 5) is 15.8. The molecular weight excluding hydrogens is 238 g/mol. The number of nitrogens with one attached hydrogen (secondary N) is 1. The number of rotatable bonds is 4. The standard InChI is InChI=1S/C15H29N3O/c1-12(2)18-7-4-14(11-18)10-16-15-5-8-17(9-6-15)13(3)19/h12,14-16H,4-11H2,1-3H3. The molecule has 0 aromatic rings. The molecule has 1 N–H and O–H groups in total. The van der Waals surface area contributed by atoms with Crippen molar-refractivity contribution in [3.8, 4) is 0 Å². The third-order valence-electron chi connectivity index (χ3n) is 4.68. The number of hydrogen-bond donors (Lipinski definition) is 1. The molecule has 2 rings (SSSR count). The number of piperidine rings is 1. The molecule has 1 amide bonds. The molecule has 0 spiro atoms. The highest BCUT2D eigenvalue weighted by atomic mass is 16.2. The summed E-state index contributed by atoms with van der Waals surface area (Å²) in [6, 6.07) is 1.30. The minimum Gasteiger partial charge on any atom is -0.343 e. The number of carbonyl (C=O) groups is 1. The van der Waals surface area contributed by atoms with Crippen LogP contribution >= 0.6 is 0 Å². The van der Waals surface area contributed by atoms with Crippen molar-refractivity contribution in [2.24, 2.45) is 5.92 Å². The van der Waals surface area contributed by atoms with E-state index in [1.165, 1.54) is 19.5 Å². The molecule has 19 heavy (non-hydrogen) atoms. The molecular formula is C15H29N3O. The maximum Gasteiger partial charge on any atom is 0.219 e. The van der Waals surface area contributed by atoms with E-state index in [2.05, 4.69) is 24.1 Å². The van der Waals surface area contributed by atoms with Crippen molar-refractivity contribution in [1.29, 1.82) is 0 Å². The van der Waals surface area contributed by atoms with E-state index in [-0.39, 0.29) is 5.91 Å². The first kappa shape index (κ1) is 14.8. The van der Waals surface area contributed by atoms with Crippen LogP contribution < -0.4 is 5.32 Å². The van der Waals surface area contributed by atoms with Gasteiger partial charge >= 0.3 is 0 Å². The third-order valence-corrected chi connectivity index (χ3v) is 4.68. The minimum atomic E-state index is 0.224. The van der Waals surface area contributed by atoms with Gasteiger partial charge in [0, 0.05) is 38.6 Å². The van der Waals surface area contributed by atoms with Crippen molar-refractivity contribution >= 4 is 5.91 Å². The molecule has 2 aliphatic rings. The van der Waals surface area contributed by atoms with Crippen molar-refractivity contribution < 1.29 is 4.79 Å². The summed E-state index contributed by atoms with van der Waals surface area (Å²) in [6.07, 6.45) is 3.55. The number of amides is 1. The second-order valence-electron chi connectivity index (χ2n) is 6.43. The molecule has 4 heteroatoms. The Labute approximate surface area is 117 Å². The van der Waals surface area contributed by atoms with Crippen molar-refractivity contribution in [2.75, 3.05) is 32.7 Å². The second kappa shape index (κ2) is 6.71. The van der Waals surface area contributed by atoms with Crippen LogP contribution in [0.1, 0.15) is 40.0 Å². The fourth-order valence-electron chi connectivity index (χ4n) is 3.23. The highest BCUT2D eigenvalue weighted by molar-refractivity contribution is 5.73. The number of carbonyl (C=O) groups excluding carboxylic acids is 1. The van der Waals surface area contributed by atoms with Gasteiger partial charge in [0.2, 0.25) is 5.91 Å². The van der Waals surface area contributed by atoms with Crippen LogP contribution in [0.4, 0.5) is 0 Å². The van der Waals surface area contributed by atoms with Gasteiger partial charge in [0.25, 0.3) is 0 Å². The molecule has 2 fully saturated rings. The minimum absolute atomic E-state index is 0.224. The molecule has 110 valence electrons. The van der Waals surface area contributed by atoms with Gasteiger partial charge in [-0.2, -0.15) is 0 Å². The van der Waals surface area contributed by atoms with Crippen molar-refractivity contribution in [3.63, 3.8) is 0 Å². The zero-order valence-electron chi connectivity index (χ0n) is 12.7. The Morgan fingerprint density at radius 3 is 2.42 bits per heavy atom. The molecule has 2 aliphatic heterocycles. The SMILES string of the molecule is CC(=O)N1CCC(NCC2CCN(C(C)C)C2)CC1. The first-order valence-corrected chi connectivity index (χ1v) is 7.79. The van der Waals surface area contributed by atoms with Crippen LogP contribution in [-0.4, -0.2) is 60.5 Å². The second-order valence-corrected chi connectivity index (χ2v) is 6.43. The topological polar surface area (TPSA) is 35.6 Å². The molecule has 2 saturated heterocycles. The van der Waals surface area contributed by atoms with Crippen molar-refractivity contribution in [3.05, 3.63) is 0 Å². The highest BCUT2D eigenvalue weighted by Gasteiger charge is 2.26. The predicted molar refractivity (Wildman–Crippen MR) is 78.1 cm³/mol. The summed E-state index contributed by atoms with van der Waals surface area (Å²) in [7, 11) is 0. The molecule has 0 saturated carbocycles. The number of nitrogens with zero attached hydrogens (tertiary/aromatic N) is 2. The fraction of sp³-hybridized carbons (Fsp3) is 0.933. The highest BCUT2D eigenvalue weighted by Crippen LogP contribution is 2.18. The quantitative estimate of drug-likeness (QED) is 0.834. The maximum absolute atomic E-state index is 11.3. The van der Waals surface area contributed by atoms with Crippen LogP contribution in [0.15, 0.2) is 0 Å². The molecule has 4 nitrogen and oxygen atoms in total. The zero-order chi connectivity index (χ0) is 13.8. The maximum atomic E-state index is 11.3. The average Bonchev–Trinajstić information content (AvgIpc) is 2.86. The van der Waals surface area contributed by atoms with E-state index < -0.39 is 0 Å². The molecule has 2 heterocycles. The number of likely N-dealkylation sites (tertiary alicyclic amines) is 2. The van der Waals surface area contributed by atoms with E-state index in [4.69, 9.17) is 0 Å². The van der Waals surface area contributed by atoms with Gasteiger partial charge in [-0.25, -0.2) is 0 Å². The van der Waals surface area contributed by atoms with Gasteiger partial charge in [0.1, 0.15) is 0 Å². The Morgan fingerprint density at radius 2 is 1.89 bits per heavy atom. The Hall–Kier alpha value is -0.610. The number of hydrogen-bond acceptors (Lipinski definition) is 3. The summed E-state index contributed by atoms with van der Waals surface area (Å²) < 4.78 is 0. The monoisotopic (exact) mass is 267 g/mol. The summed E-state index contributed by atoms with van der Waals surface area (Å²) in [5.41, 5.74) is 0. The van der Waals surface area contributed by atoms with Crippen molar-refractivity contribution in [2.45, 2.75) is 52.1 Å². The largest absolute Gasteiger partial charge is 0.343 e. The van der Waals surface area contributed by atoms with Crippen LogP contribution in [0.2, 0.25) is 0 Å². The first-order valence-electron chi connectivity index (χ1n) is 7.79. The first-order chi connectivity index (χ1) is 9.06. The molecule has 0 aromatic heterocycles. The molecule has 1 atom stereocenters. The lowest BCUT2D eigenvalue weighted by atomic mass is 10.0. The van der Waals surface area contributed by atoms with Gasteiger partial charge in [-0.15, -0.1) is 0 Å². The van der Waals surface area contributed by atoms with Gasteiger partial charge in [0.05, 0.1) is 0 Å². The van der Waals surface area contributed by atoms with Gasteiger partial charge in [-0.05, 0) is 52.1 Å². The third kappa shape index (κ3) is 4.18. The predicted octanol–water partition coefficient (Wildman–Crippen LogP) is 1.32. The lowest BCUT2D eigenvalue weighted by Crippen LogP contribution is -2.45. The van der Waals surface area contributed by atoms with E-state index in [9.17, 15) is 4.79 Å². The van der Waals surface area contributed by atoms with E-state index in [1.807, 2.05) is 4.90 Å². The molecule has 0 aliphatic carbocycles. The molecule has 0 radical (unpaired) electrons. The van der Waals surface area contributed by atoms with Gasteiger partial charge in [0.15, 0.2) is 0 Å². The molecule has 0 aromatic carbocycles. The summed E-state index contributed by atoms with van der Waals surface area (Å²) >= 11 is 0. The summed E-state index contributed by atoms with van der Waals surface area (Å²) in [5.74, 6) is 1.04. The lowest BCUT2D eigenvalue weighted by molar-refractivity contribution is -0.129. The molecule has 0 bridgehead atoms. The van der Waals surface area contributed by atoms with Crippen LogP contribution in [0.25, 0.3) is 0 Å². The average molecular weight is 267 g/mol. The zero-order valence-corrected chi connectivity index (χ0v) is 12.7. The Balaban J connectivity index is 1.63. The van der Waals surface area contributed by atoms with Crippen LogP contribution in [0, 0.1) is 5.92 Å². The van der Waals surface area contributed by atoms with Crippen LogP contribution in [0.5, 0.6) is 0 Å². The van der Waals surface area contributed by atoms with Crippen LogP contribution in [0.3, 0.4) is 0 Å². The van der Waals surface area contributed by atoms with E-state index in [0.29, 0.717) is 12.1 Å². The smallest absolute Gasteiger partial charge is 0.219 e.